The molecular weight excluding hydrogens is 407 g/mol. The fourth-order valence-corrected chi connectivity index (χ4v) is 3.03. The second kappa shape index (κ2) is 10.1. The molecule has 2 aromatic carbocycles. The van der Waals surface area contributed by atoms with Crippen molar-refractivity contribution in [3.8, 4) is 17.6 Å². The van der Waals surface area contributed by atoms with Crippen LogP contribution in [0.1, 0.15) is 30.9 Å². The van der Waals surface area contributed by atoms with Gasteiger partial charge in [-0.15, -0.1) is 0 Å². The monoisotopic (exact) mass is 429 g/mol. The lowest BCUT2D eigenvalue weighted by Crippen LogP contribution is -2.12. The summed E-state index contributed by atoms with van der Waals surface area (Å²) < 4.78 is 50.7. The summed E-state index contributed by atoms with van der Waals surface area (Å²) in [6, 6.07) is 12.5. The fourth-order valence-electron chi connectivity index (χ4n) is 3.03. The Labute approximate surface area is 178 Å². The Morgan fingerprint density at radius 1 is 1.13 bits per heavy atom. The first-order chi connectivity index (χ1) is 14.9. The van der Waals surface area contributed by atoms with E-state index in [9.17, 15) is 18.0 Å². The highest BCUT2D eigenvalue weighted by molar-refractivity contribution is 5.83. The predicted octanol–water partition coefficient (Wildman–Crippen LogP) is 5.43. The summed E-state index contributed by atoms with van der Waals surface area (Å²) in [6.07, 6.45) is -1.41. The van der Waals surface area contributed by atoms with Crippen LogP contribution in [0.25, 0.3) is 10.9 Å². The van der Waals surface area contributed by atoms with Crippen molar-refractivity contribution in [2.75, 3.05) is 13.2 Å². The van der Waals surface area contributed by atoms with Crippen molar-refractivity contribution in [3.63, 3.8) is 0 Å². The van der Waals surface area contributed by atoms with Gasteiger partial charge in [0.2, 0.25) is 0 Å². The molecule has 0 amide bonds. The number of ether oxygens (including phenoxy) is 2. The molecule has 162 valence electrons. The number of benzene rings is 2. The quantitative estimate of drug-likeness (QED) is 0.286. The maximum absolute atomic E-state index is 12.7. The first-order valence-electron chi connectivity index (χ1n) is 9.90. The molecule has 0 bridgehead atoms. The van der Waals surface area contributed by atoms with Gasteiger partial charge in [-0.3, -0.25) is 4.79 Å². The Bertz CT molecular complexity index is 1110. The molecule has 0 saturated carbocycles. The molecule has 1 heterocycles. The molecule has 1 aromatic heterocycles. The maximum atomic E-state index is 12.7. The van der Waals surface area contributed by atoms with E-state index in [2.05, 4.69) is 11.8 Å². The molecule has 0 radical (unpaired) electrons. The SMILES string of the molecule is CCOC(=O)Cn1ccc2ccc(OCCCC#Cc3cccc(C(F)(F)F)c3)cc21. The maximum Gasteiger partial charge on any atom is 0.416 e. The average molecular weight is 429 g/mol. The summed E-state index contributed by atoms with van der Waals surface area (Å²) in [5.41, 5.74) is 0.504. The van der Waals surface area contributed by atoms with Gasteiger partial charge < -0.3 is 14.0 Å². The lowest BCUT2D eigenvalue weighted by Gasteiger charge is -2.08. The van der Waals surface area contributed by atoms with E-state index in [1.807, 2.05) is 30.5 Å². The van der Waals surface area contributed by atoms with Crippen molar-refractivity contribution in [1.29, 1.82) is 0 Å². The van der Waals surface area contributed by atoms with Gasteiger partial charge in [0.1, 0.15) is 12.3 Å². The van der Waals surface area contributed by atoms with E-state index in [4.69, 9.17) is 9.47 Å². The molecule has 0 atom stereocenters. The van der Waals surface area contributed by atoms with E-state index in [1.165, 1.54) is 6.07 Å². The van der Waals surface area contributed by atoms with Gasteiger partial charge in [-0.1, -0.05) is 17.9 Å². The van der Waals surface area contributed by atoms with E-state index < -0.39 is 11.7 Å². The zero-order valence-corrected chi connectivity index (χ0v) is 17.0. The third-order valence-electron chi connectivity index (χ3n) is 4.49. The van der Waals surface area contributed by atoms with E-state index in [0.717, 1.165) is 23.0 Å². The molecule has 0 aliphatic rings. The van der Waals surface area contributed by atoms with Crippen LogP contribution in [0.4, 0.5) is 13.2 Å². The van der Waals surface area contributed by atoms with Crippen LogP contribution in [0.15, 0.2) is 54.7 Å². The van der Waals surface area contributed by atoms with Crippen LogP contribution < -0.4 is 4.74 Å². The number of alkyl halides is 3. The fraction of sp³-hybridized carbons (Fsp3) is 0.292. The van der Waals surface area contributed by atoms with E-state index >= 15 is 0 Å². The minimum Gasteiger partial charge on any atom is -0.493 e. The average Bonchev–Trinajstić information content (AvgIpc) is 3.12. The number of rotatable bonds is 7. The normalized spacial score (nSPS) is 11.1. The zero-order chi connectivity index (χ0) is 22.3. The van der Waals surface area contributed by atoms with Gasteiger partial charge in [0.15, 0.2) is 0 Å². The topological polar surface area (TPSA) is 40.5 Å². The Morgan fingerprint density at radius 3 is 2.74 bits per heavy atom. The van der Waals surface area contributed by atoms with Crippen molar-refractivity contribution in [2.45, 2.75) is 32.5 Å². The molecule has 0 spiro atoms. The van der Waals surface area contributed by atoms with Crippen molar-refractivity contribution in [1.82, 2.24) is 4.57 Å². The van der Waals surface area contributed by atoms with Crippen LogP contribution in [0.5, 0.6) is 5.75 Å². The highest BCUT2D eigenvalue weighted by atomic mass is 19.4. The first-order valence-corrected chi connectivity index (χ1v) is 9.90. The van der Waals surface area contributed by atoms with Crippen molar-refractivity contribution < 1.29 is 27.4 Å². The third kappa shape index (κ3) is 6.29. The minimum absolute atomic E-state index is 0.131. The number of aromatic nitrogens is 1. The molecule has 31 heavy (non-hydrogen) atoms. The molecular formula is C24H22F3NO3. The lowest BCUT2D eigenvalue weighted by molar-refractivity contribution is -0.143. The Hall–Kier alpha value is -3.40. The molecule has 0 aliphatic heterocycles. The number of fused-ring (bicyclic) bond motifs is 1. The first kappa shape index (κ1) is 22.3. The van der Waals surface area contributed by atoms with E-state index in [-0.39, 0.29) is 12.5 Å². The van der Waals surface area contributed by atoms with Crippen molar-refractivity contribution >= 4 is 16.9 Å². The number of hydrogen-bond donors (Lipinski definition) is 0. The number of unbranched alkanes of at least 4 members (excludes halogenated alkanes) is 1. The number of esters is 1. The highest BCUT2D eigenvalue weighted by Gasteiger charge is 2.30. The molecule has 4 nitrogen and oxygen atoms in total. The molecule has 7 heteroatoms. The lowest BCUT2D eigenvalue weighted by atomic mass is 10.1. The minimum atomic E-state index is -4.37. The molecule has 0 N–H and O–H groups in total. The second-order valence-corrected chi connectivity index (χ2v) is 6.80. The Kier molecular flexibility index (Phi) is 7.24. The Balaban J connectivity index is 1.52. The molecule has 3 rings (SSSR count). The largest absolute Gasteiger partial charge is 0.493 e. The number of halogens is 3. The standard InChI is InChI=1S/C24H22F3NO3/c1-2-30-23(29)17-28-13-12-19-10-11-21(16-22(19)28)31-14-5-3-4-7-18-8-6-9-20(15-18)24(25,26)27/h6,8-13,15-16H,2-3,5,14,17H2,1H3. The molecule has 0 fully saturated rings. The van der Waals surface area contributed by atoms with Crippen LogP contribution in [0.2, 0.25) is 0 Å². The second-order valence-electron chi connectivity index (χ2n) is 6.80. The summed E-state index contributed by atoms with van der Waals surface area (Å²) in [6.45, 7) is 2.65. The van der Waals surface area contributed by atoms with Gasteiger partial charge in [-0.25, -0.2) is 0 Å². The summed E-state index contributed by atoms with van der Waals surface area (Å²) in [7, 11) is 0. The van der Waals surface area contributed by atoms with Gasteiger partial charge in [0.05, 0.1) is 24.3 Å². The van der Waals surface area contributed by atoms with Crippen LogP contribution >= 0.6 is 0 Å². The van der Waals surface area contributed by atoms with E-state index in [0.29, 0.717) is 37.4 Å². The summed E-state index contributed by atoms with van der Waals surface area (Å²) in [4.78, 5) is 11.7. The van der Waals surface area contributed by atoms with Crippen molar-refractivity contribution in [2.24, 2.45) is 0 Å². The van der Waals surface area contributed by atoms with Gasteiger partial charge >= 0.3 is 12.1 Å². The number of hydrogen-bond acceptors (Lipinski definition) is 3. The smallest absolute Gasteiger partial charge is 0.416 e. The van der Waals surface area contributed by atoms with Gasteiger partial charge in [-0.05, 0) is 55.1 Å². The number of carbonyl (C=O) groups excluding carboxylic acids is 1. The molecule has 3 aromatic rings. The molecule has 0 saturated heterocycles. The van der Waals surface area contributed by atoms with Crippen molar-refractivity contribution in [3.05, 3.63) is 65.9 Å². The summed E-state index contributed by atoms with van der Waals surface area (Å²) >= 11 is 0. The van der Waals surface area contributed by atoms with Crippen LogP contribution in [0.3, 0.4) is 0 Å². The van der Waals surface area contributed by atoms with E-state index in [1.54, 1.807) is 17.6 Å². The molecule has 0 unspecified atom stereocenters. The summed E-state index contributed by atoms with van der Waals surface area (Å²) in [5.74, 6) is 6.01. The third-order valence-corrected chi connectivity index (χ3v) is 4.49. The van der Waals surface area contributed by atoms with Gasteiger partial charge in [0.25, 0.3) is 0 Å². The van der Waals surface area contributed by atoms with Crippen LogP contribution in [0, 0.1) is 11.8 Å². The summed E-state index contributed by atoms with van der Waals surface area (Å²) in [5, 5.41) is 0.989. The van der Waals surface area contributed by atoms with Gasteiger partial charge in [-0.2, -0.15) is 13.2 Å². The Morgan fingerprint density at radius 2 is 1.97 bits per heavy atom. The number of carbonyl (C=O) groups is 1. The predicted molar refractivity (Wildman–Crippen MR) is 112 cm³/mol. The van der Waals surface area contributed by atoms with Crippen LogP contribution in [-0.2, 0) is 22.3 Å². The zero-order valence-electron chi connectivity index (χ0n) is 17.0. The number of nitrogens with zero attached hydrogens (tertiary/aromatic N) is 1. The van der Waals surface area contributed by atoms with Gasteiger partial charge in [0, 0.05) is 24.2 Å². The molecule has 0 aliphatic carbocycles. The van der Waals surface area contributed by atoms with Crippen LogP contribution in [-0.4, -0.2) is 23.8 Å². The highest BCUT2D eigenvalue weighted by Crippen LogP contribution is 2.29.